The van der Waals surface area contributed by atoms with Gasteiger partial charge in [-0.1, -0.05) is 45.4 Å². The molecule has 2 N–H and O–H groups in total. The molecule has 0 atom stereocenters. The van der Waals surface area contributed by atoms with Crippen LogP contribution in [0, 0.1) is 12.7 Å². The van der Waals surface area contributed by atoms with Crippen molar-refractivity contribution in [3.8, 4) is 0 Å². The number of aryl methyl sites for hydroxylation is 1. The van der Waals surface area contributed by atoms with Gasteiger partial charge in [0.25, 0.3) is 5.56 Å². The van der Waals surface area contributed by atoms with E-state index in [1.54, 1.807) is 24.3 Å². The first kappa shape index (κ1) is 16.0. The molecule has 0 fully saturated rings. The monoisotopic (exact) mass is 393 g/mol. The minimum absolute atomic E-state index is 0.308. The molecule has 0 aliphatic heterocycles. The summed E-state index contributed by atoms with van der Waals surface area (Å²) in [6.45, 7) is 1.90. The van der Waals surface area contributed by atoms with Gasteiger partial charge in [0, 0.05) is 10.2 Å². The van der Waals surface area contributed by atoms with E-state index in [1.807, 2.05) is 13.0 Å². The van der Waals surface area contributed by atoms with Crippen molar-refractivity contribution in [1.29, 1.82) is 0 Å². The Labute approximate surface area is 144 Å². The minimum atomic E-state index is -0.311. The maximum absolute atomic E-state index is 13.9. The number of hydrogen-bond donors (Lipinski definition) is 1. The number of benzene rings is 2. The molecule has 1 heterocycles. The van der Waals surface area contributed by atoms with Crippen LogP contribution in [0.1, 0.15) is 11.1 Å². The molecule has 0 unspecified atom stereocenters. The fourth-order valence-electron chi connectivity index (χ4n) is 2.18. The zero-order valence-electron chi connectivity index (χ0n) is 12.2. The van der Waals surface area contributed by atoms with Gasteiger partial charge in [0.15, 0.2) is 5.16 Å². The fourth-order valence-corrected chi connectivity index (χ4v) is 3.41. The molecule has 0 aliphatic carbocycles. The van der Waals surface area contributed by atoms with Gasteiger partial charge < -0.3 is 5.84 Å². The van der Waals surface area contributed by atoms with Gasteiger partial charge in [-0.05, 0) is 36.8 Å². The molecule has 0 radical (unpaired) electrons. The molecule has 3 rings (SSSR count). The van der Waals surface area contributed by atoms with Crippen LogP contribution in [0.15, 0.2) is 50.8 Å². The number of halogens is 2. The molecular weight excluding hydrogens is 381 g/mol. The average molecular weight is 394 g/mol. The van der Waals surface area contributed by atoms with Gasteiger partial charge >= 0.3 is 0 Å². The molecule has 0 spiro atoms. The molecule has 0 amide bonds. The maximum Gasteiger partial charge on any atom is 0.280 e. The third kappa shape index (κ3) is 3.25. The van der Waals surface area contributed by atoms with E-state index in [9.17, 15) is 9.18 Å². The van der Waals surface area contributed by atoms with E-state index >= 15 is 0 Å². The second-order valence-electron chi connectivity index (χ2n) is 5.11. The van der Waals surface area contributed by atoms with Crippen molar-refractivity contribution in [2.45, 2.75) is 17.8 Å². The fraction of sp³-hybridized carbons (Fsp3) is 0.125. The second kappa shape index (κ2) is 6.33. The lowest BCUT2D eigenvalue weighted by molar-refractivity contribution is 0.616. The number of nitrogens with zero attached hydrogens (tertiary/aromatic N) is 2. The summed E-state index contributed by atoms with van der Waals surface area (Å²) >= 11 is 4.45. The van der Waals surface area contributed by atoms with Crippen molar-refractivity contribution in [2.24, 2.45) is 0 Å². The summed E-state index contributed by atoms with van der Waals surface area (Å²) < 4.78 is 15.6. The lowest BCUT2D eigenvalue weighted by Gasteiger charge is -2.09. The summed E-state index contributed by atoms with van der Waals surface area (Å²) in [5, 5.41) is 0.834. The lowest BCUT2D eigenvalue weighted by Crippen LogP contribution is -2.29. The molecule has 4 nitrogen and oxygen atoms in total. The summed E-state index contributed by atoms with van der Waals surface area (Å²) in [4.78, 5) is 16.7. The van der Waals surface area contributed by atoms with Gasteiger partial charge in [0.1, 0.15) is 5.82 Å². The number of hydrogen-bond acceptors (Lipinski definition) is 4. The molecule has 0 saturated heterocycles. The Morgan fingerprint density at radius 1 is 1.30 bits per heavy atom. The quantitative estimate of drug-likeness (QED) is 0.419. The minimum Gasteiger partial charge on any atom is -0.334 e. The SMILES string of the molecule is Cc1ccc2nc(SCc3ccc(Br)cc3F)n(N)c(=O)c2c1. The van der Waals surface area contributed by atoms with Crippen LogP contribution in [0.5, 0.6) is 0 Å². The van der Waals surface area contributed by atoms with Crippen LogP contribution in [0.4, 0.5) is 4.39 Å². The normalized spacial score (nSPS) is 11.1. The van der Waals surface area contributed by atoms with Crippen LogP contribution < -0.4 is 11.4 Å². The highest BCUT2D eigenvalue weighted by molar-refractivity contribution is 9.10. The maximum atomic E-state index is 13.9. The molecule has 2 aromatic carbocycles. The first-order valence-corrected chi connectivity index (χ1v) is 8.59. The van der Waals surface area contributed by atoms with Gasteiger partial charge in [-0.15, -0.1) is 0 Å². The molecule has 23 heavy (non-hydrogen) atoms. The first-order valence-electron chi connectivity index (χ1n) is 6.81. The largest absolute Gasteiger partial charge is 0.334 e. The smallest absolute Gasteiger partial charge is 0.280 e. The summed E-state index contributed by atoms with van der Waals surface area (Å²) in [5.74, 6) is 5.87. The van der Waals surface area contributed by atoms with E-state index in [0.717, 1.165) is 10.2 Å². The van der Waals surface area contributed by atoms with Gasteiger partial charge in [0.05, 0.1) is 10.9 Å². The van der Waals surface area contributed by atoms with Gasteiger partial charge in [0.2, 0.25) is 0 Å². The zero-order valence-corrected chi connectivity index (χ0v) is 14.6. The van der Waals surface area contributed by atoms with E-state index in [2.05, 4.69) is 20.9 Å². The van der Waals surface area contributed by atoms with E-state index in [1.165, 1.54) is 17.8 Å². The van der Waals surface area contributed by atoms with Crippen LogP contribution in [0.3, 0.4) is 0 Å². The van der Waals surface area contributed by atoms with Gasteiger partial charge in [-0.3, -0.25) is 4.79 Å². The van der Waals surface area contributed by atoms with Crippen LogP contribution in [-0.2, 0) is 5.75 Å². The van der Waals surface area contributed by atoms with E-state index in [-0.39, 0.29) is 11.4 Å². The number of thioether (sulfide) groups is 1. The number of nitrogen functional groups attached to an aromatic ring is 1. The highest BCUT2D eigenvalue weighted by Gasteiger charge is 2.11. The summed E-state index contributed by atoms with van der Waals surface area (Å²) in [6.07, 6.45) is 0. The second-order valence-corrected chi connectivity index (χ2v) is 6.97. The van der Waals surface area contributed by atoms with Crippen molar-refractivity contribution in [3.05, 3.63) is 68.2 Å². The number of aromatic nitrogens is 2. The van der Waals surface area contributed by atoms with E-state index < -0.39 is 0 Å². The molecule has 7 heteroatoms. The molecular formula is C16H13BrFN3OS. The lowest BCUT2D eigenvalue weighted by atomic mass is 10.2. The van der Waals surface area contributed by atoms with Gasteiger partial charge in [-0.25, -0.2) is 14.1 Å². The molecule has 118 valence electrons. The average Bonchev–Trinajstić information content (AvgIpc) is 2.51. The Morgan fingerprint density at radius 2 is 2.09 bits per heavy atom. The summed E-state index contributed by atoms with van der Waals surface area (Å²) in [5.41, 5.74) is 1.77. The zero-order chi connectivity index (χ0) is 16.6. The third-order valence-corrected chi connectivity index (χ3v) is 4.89. The van der Waals surface area contributed by atoms with Crippen LogP contribution >= 0.6 is 27.7 Å². The Morgan fingerprint density at radius 3 is 2.83 bits per heavy atom. The number of rotatable bonds is 3. The van der Waals surface area contributed by atoms with Crippen LogP contribution in [0.25, 0.3) is 10.9 Å². The molecule has 0 aliphatic rings. The Balaban J connectivity index is 1.95. The summed E-state index contributed by atoms with van der Waals surface area (Å²) in [6, 6.07) is 10.3. The molecule has 1 aromatic heterocycles. The highest BCUT2D eigenvalue weighted by Crippen LogP contribution is 2.24. The third-order valence-electron chi connectivity index (χ3n) is 3.40. The van der Waals surface area contributed by atoms with Crippen molar-refractivity contribution in [3.63, 3.8) is 0 Å². The molecule has 0 saturated carbocycles. The van der Waals surface area contributed by atoms with Gasteiger partial charge in [-0.2, -0.15) is 0 Å². The van der Waals surface area contributed by atoms with Crippen molar-refractivity contribution in [1.82, 2.24) is 9.66 Å². The number of nitrogens with two attached hydrogens (primary N) is 1. The first-order chi connectivity index (χ1) is 11.0. The predicted octanol–water partition coefficient (Wildman–Crippen LogP) is 3.61. The predicted molar refractivity (Wildman–Crippen MR) is 94.6 cm³/mol. The standard InChI is InChI=1S/C16H13BrFN3OS/c1-9-2-5-14-12(6-9)15(22)21(19)16(20-14)23-8-10-3-4-11(17)7-13(10)18/h2-7H,8,19H2,1H3. The van der Waals surface area contributed by atoms with Crippen LogP contribution in [0.2, 0.25) is 0 Å². The summed E-state index contributed by atoms with van der Waals surface area (Å²) in [7, 11) is 0. The van der Waals surface area contributed by atoms with E-state index in [0.29, 0.717) is 31.8 Å². The Kier molecular flexibility index (Phi) is 4.41. The Bertz CT molecular complexity index is 958. The van der Waals surface area contributed by atoms with Crippen molar-refractivity contribution >= 4 is 38.6 Å². The van der Waals surface area contributed by atoms with Crippen molar-refractivity contribution < 1.29 is 4.39 Å². The molecule has 0 bridgehead atoms. The topological polar surface area (TPSA) is 60.9 Å². The van der Waals surface area contributed by atoms with Crippen molar-refractivity contribution in [2.75, 3.05) is 5.84 Å². The van der Waals surface area contributed by atoms with Crippen LogP contribution in [-0.4, -0.2) is 9.66 Å². The van der Waals surface area contributed by atoms with E-state index in [4.69, 9.17) is 5.84 Å². The number of fused-ring (bicyclic) bond motifs is 1. The Hall–Kier alpha value is -1.86. The molecule has 3 aromatic rings. The highest BCUT2D eigenvalue weighted by atomic mass is 79.9.